The van der Waals surface area contributed by atoms with E-state index in [9.17, 15) is 4.79 Å². The molecule has 0 saturated carbocycles. The van der Waals surface area contributed by atoms with E-state index in [4.69, 9.17) is 0 Å². The molecule has 122 valence electrons. The first-order valence-corrected chi connectivity index (χ1v) is 8.19. The Morgan fingerprint density at radius 1 is 1.21 bits per heavy atom. The van der Waals surface area contributed by atoms with Gasteiger partial charge in [-0.05, 0) is 43.0 Å². The first-order chi connectivity index (χ1) is 11.6. The highest BCUT2D eigenvalue weighted by molar-refractivity contribution is 7.99. The van der Waals surface area contributed by atoms with E-state index in [1.165, 1.54) is 11.8 Å². The Balaban J connectivity index is 1.83. The van der Waals surface area contributed by atoms with Crippen molar-refractivity contribution in [1.82, 2.24) is 19.5 Å². The Hall–Kier alpha value is -2.67. The summed E-state index contributed by atoms with van der Waals surface area (Å²) >= 11 is 1.43. The van der Waals surface area contributed by atoms with Crippen molar-refractivity contribution >= 4 is 23.4 Å². The average Bonchev–Trinajstić information content (AvgIpc) is 2.95. The number of hydrogen-bond acceptors (Lipinski definition) is 5. The lowest BCUT2D eigenvalue weighted by molar-refractivity contribution is 0.0984. The molecule has 6 nitrogen and oxygen atoms in total. The molecule has 24 heavy (non-hydrogen) atoms. The van der Waals surface area contributed by atoms with E-state index in [0.29, 0.717) is 5.69 Å². The fourth-order valence-corrected chi connectivity index (χ4v) is 3.06. The van der Waals surface area contributed by atoms with Crippen molar-refractivity contribution in [2.45, 2.75) is 17.1 Å². The minimum absolute atomic E-state index is 0.137. The van der Waals surface area contributed by atoms with Gasteiger partial charge in [0.25, 0.3) is 5.91 Å². The van der Waals surface area contributed by atoms with Crippen LogP contribution in [-0.2, 0) is 7.05 Å². The molecule has 0 atom stereocenters. The van der Waals surface area contributed by atoms with E-state index in [-0.39, 0.29) is 5.91 Å². The number of imidazole rings is 1. The molecule has 3 rings (SSSR count). The Kier molecular flexibility index (Phi) is 4.61. The summed E-state index contributed by atoms with van der Waals surface area (Å²) in [6.07, 6.45) is 4.92. The minimum Gasteiger partial charge on any atom is -0.318 e. The number of carbonyl (C=O) groups excluding carboxylic acids is 1. The van der Waals surface area contributed by atoms with Gasteiger partial charge in [0.15, 0.2) is 5.16 Å². The van der Waals surface area contributed by atoms with Crippen LogP contribution in [0, 0.1) is 6.92 Å². The molecule has 0 aliphatic carbocycles. The zero-order chi connectivity index (χ0) is 17.1. The molecule has 0 unspecified atom stereocenters. The average molecular weight is 339 g/mol. The van der Waals surface area contributed by atoms with Gasteiger partial charge in [-0.2, -0.15) is 0 Å². The fraction of sp³-hybridized carbons (Fsp3) is 0.176. The summed E-state index contributed by atoms with van der Waals surface area (Å²) < 4.78 is 1.78. The summed E-state index contributed by atoms with van der Waals surface area (Å²) in [5.74, 6) is -0.137. The van der Waals surface area contributed by atoms with Crippen LogP contribution in [0.1, 0.15) is 16.2 Å². The summed E-state index contributed by atoms with van der Waals surface area (Å²) in [5.41, 5.74) is 2.19. The molecule has 0 aliphatic heterocycles. The normalized spacial score (nSPS) is 10.6. The van der Waals surface area contributed by atoms with Crippen molar-refractivity contribution in [3.05, 3.63) is 60.3 Å². The molecule has 0 spiro atoms. The van der Waals surface area contributed by atoms with Crippen LogP contribution in [0.3, 0.4) is 0 Å². The van der Waals surface area contributed by atoms with Gasteiger partial charge in [0.1, 0.15) is 10.7 Å². The lowest BCUT2D eigenvalue weighted by Crippen LogP contribution is -2.28. The molecule has 3 aromatic rings. The topological polar surface area (TPSA) is 63.9 Å². The number of hydrogen-bond donors (Lipinski definition) is 0. The van der Waals surface area contributed by atoms with Crippen LogP contribution in [0.2, 0.25) is 0 Å². The van der Waals surface area contributed by atoms with Crippen LogP contribution in [0.15, 0.2) is 59.1 Å². The Morgan fingerprint density at radius 2 is 2.04 bits per heavy atom. The molecular formula is C17H17N5OS. The van der Waals surface area contributed by atoms with Gasteiger partial charge in [-0.1, -0.05) is 6.07 Å². The van der Waals surface area contributed by atoms with E-state index in [1.54, 1.807) is 41.2 Å². The molecular weight excluding hydrogens is 322 g/mol. The van der Waals surface area contributed by atoms with Crippen molar-refractivity contribution in [1.29, 1.82) is 0 Å². The number of anilines is 1. The molecule has 3 heterocycles. The van der Waals surface area contributed by atoms with Crippen molar-refractivity contribution < 1.29 is 4.79 Å². The maximum atomic E-state index is 12.7. The Bertz CT molecular complexity index is 862. The summed E-state index contributed by atoms with van der Waals surface area (Å²) in [6.45, 7) is 1.94. The highest BCUT2D eigenvalue weighted by Crippen LogP contribution is 2.26. The lowest BCUT2D eigenvalue weighted by atomic mass is 10.3. The quantitative estimate of drug-likeness (QED) is 0.731. The highest BCUT2D eigenvalue weighted by Gasteiger charge is 2.19. The van der Waals surface area contributed by atoms with Crippen LogP contribution < -0.4 is 4.90 Å². The van der Waals surface area contributed by atoms with Crippen molar-refractivity contribution in [2.75, 3.05) is 11.9 Å². The summed E-state index contributed by atoms with van der Waals surface area (Å²) in [4.78, 5) is 27.1. The van der Waals surface area contributed by atoms with Gasteiger partial charge in [0.2, 0.25) is 0 Å². The Labute approximate surface area is 144 Å². The van der Waals surface area contributed by atoms with Gasteiger partial charge in [-0.25, -0.2) is 9.97 Å². The van der Waals surface area contributed by atoms with Gasteiger partial charge >= 0.3 is 0 Å². The highest BCUT2D eigenvalue weighted by atomic mass is 32.2. The minimum atomic E-state index is -0.137. The second-order valence-electron chi connectivity index (χ2n) is 5.28. The van der Waals surface area contributed by atoms with Gasteiger partial charge in [-0.3, -0.25) is 9.78 Å². The maximum Gasteiger partial charge on any atom is 0.276 e. The van der Waals surface area contributed by atoms with E-state index < -0.39 is 0 Å². The molecule has 0 N–H and O–H groups in total. The van der Waals surface area contributed by atoms with Crippen LogP contribution in [-0.4, -0.2) is 32.5 Å². The second-order valence-corrected chi connectivity index (χ2v) is 6.27. The van der Waals surface area contributed by atoms with E-state index in [1.807, 2.05) is 38.2 Å². The summed E-state index contributed by atoms with van der Waals surface area (Å²) in [5, 5.41) is 1.57. The van der Waals surface area contributed by atoms with Crippen LogP contribution in [0.4, 0.5) is 5.69 Å². The van der Waals surface area contributed by atoms with Crippen molar-refractivity contribution in [2.24, 2.45) is 7.05 Å². The second kappa shape index (κ2) is 6.84. The first kappa shape index (κ1) is 16.2. The number of aromatic nitrogens is 4. The van der Waals surface area contributed by atoms with Gasteiger partial charge in [0.05, 0.1) is 18.1 Å². The smallest absolute Gasteiger partial charge is 0.276 e. The molecule has 0 aromatic carbocycles. The molecule has 0 saturated heterocycles. The van der Waals surface area contributed by atoms with Gasteiger partial charge < -0.3 is 9.47 Å². The van der Waals surface area contributed by atoms with Gasteiger partial charge in [-0.15, -0.1) is 0 Å². The number of nitrogens with zero attached hydrogens (tertiary/aromatic N) is 5. The number of pyridine rings is 2. The lowest BCUT2D eigenvalue weighted by Gasteiger charge is -2.16. The standard InChI is InChI=1S/C17H17N5OS/c1-12-6-4-8-15(20-12)24-17-19-11-14(22(17)3)16(23)21(2)13-7-5-9-18-10-13/h4-11H,1-3H3. The monoisotopic (exact) mass is 339 g/mol. The van der Waals surface area contributed by atoms with E-state index in [2.05, 4.69) is 15.0 Å². The van der Waals surface area contributed by atoms with Crippen LogP contribution in [0.5, 0.6) is 0 Å². The van der Waals surface area contributed by atoms with Crippen molar-refractivity contribution in [3.8, 4) is 0 Å². The molecule has 0 radical (unpaired) electrons. The Morgan fingerprint density at radius 3 is 2.75 bits per heavy atom. The number of rotatable bonds is 4. The molecule has 1 amide bonds. The van der Waals surface area contributed by atoms with Crippen LogP contribution in [0.25, 0.3) is 0 Å². The first-order valence-electron chi connectivity index (χ1n) is 7.37. The molecule has 0 fully saturated rings. The zero-order valence-corrected chi connectivity index (χ0v) is 14.5. The largest absolute Gasteiger partial charge is 0.318 e. The maximum absolute atomic E-state index is 12.7. The number of aryl methyl sites for hydroxylation is 1. The van der Waals surface area contributed by atoms with Crippen LogP contribution >= 0.6 is 11.8 Å². The number of amides is 1. The molecule has 0 aliphatic rings. The van der Waals surface area contributed by atoms with Gasteiger partial charge in [0, 0.05) is 26.0 Å². The SMILES string of the molecule is Cc1cccc(Sc2ncc(C(=O)N(C)c3cccnc3)n2C)n1. The third-order valence-electron chi connectivity index (χ3n) is 3.56. The fourth-order valence-electron chi connectivity index (χ4n) is 2.20. The number of carbonyl (C=O) groups is 1. The summed E-state index contributed by atoms with van der Waals surface area (Å²) in [7, 11) is 3.55. The third-order valence-corrected chi connectivity index (χ3v) is 4.56. The third kappa shape index (κ3) is 3.30. The molecule has 7 heteroatoms. The molecule has 3 aromatic heterocycles. The predicted octanol–water partition coefficient (Wildman–Crippen LogP) is 2.95. The molecule has 0 bridgehead atoms. The predicted molar refractivity (Wildman–Crippen MR) is 93.3 cm³/mol. The zero-order valence-electron chi connectivity index (χ0n) is 13.7. The van der Waals surface area contributed by atoms with Crippen molar-refractivity contribution in [3.63, 3.8) is 0 Å². The van der Waals surface area contributed by atoms with E-state index in [0.717, 1.165) is 21.6 Å². The summed E-state index contributed by atoms with van der Waals surface area (Å²) in [6, 6.07) is 9.46. The van der Waals surface area contributed by atoms with E-state index >= 15 is 0 Å².